The van der Waals surface area contributed by atoms with Crippen molar-refractivity contribution in [2.45, 2.75) is 32.2 Å². The van der Waals surface area contributed by atoms with Crippen LogP contribution in [0.15, 0.2) is 18.2 Å². The van der Waals surface area contributed by atoms with Crippen LogP contribution in [0.5, 0.6) is 0 Å². The fourth-order valence-corrected chi connectivity index (χ4v) is 1.75. The molecule has 3 nitrogen and oxygen atoms in total. The Kier molecular flexibility index (Phi) is 6.94. The average molecular weight is 293 g/mol. The Labute approximate surface area is 118 Å². The topological polar surface area (TPSA) is 55.1 Å². The van der Waals surface area contributed by atoms with Crippen molar-refractivity contribution in [3.05, 3.63) is 35.4 Å². The highest BCUT2D eigenvalue weighted by Crippen LogP contribution is 2.16. The highest BCUT2D eigenvalue weighted by atomic mass is 35.5. The van der Waals surface area contributed by atoms with Gasteiger partial charge < -0.3 is 11.1 Å². The number of carbonyl (C=O) groups is 1. The highest BCUT2D eigenvalue weighted by molar-refractivity contribution is 5.95. The van der Waals surface area contributed by atoms with Crippen molar-refractivity contribution in [1.82, 2.24) is 5.32 Å². The third-order valence-corrected chi connectivity index (χ3v) is 3.30. The van der Waals surface area contributed by atoms with Gasteiger partial charge in [-0.2, -0.15) is 0 Å². The van der Waals surface area contributed by atoms with Crippen molar-refractivity contribution in [3.8, 4) is 0 Å². The van der Waals surface area contributed by atoms with Gasteiger partial charge in [0.25, 0.3) is 5.91 Å². The molecule has 0 aliphatic heterocycles. The van der Waals surface area contributed by atoms with Gasteiger partial charge in [0.2, 0.25) is 0 Å². The fourth-order valence-electron chi connectivity index (χ4n) is 1.75. The second-order valence-corrected chi connectivity index (χ2v) is 4.27. The lowest BCUT2D eigenvalue weighted by Gasteiger charge is -2.31. The van der Waals surface area contributed by atoms with Gasteiger partial charge in [-0.05, 0) is 31.0 Å². The van der Waals surface area contributed by atoms with Crippen LogP contribution in [0, 0.1) is 11.6 Å². The molecule has 19 heavy (non-hydrogen) atoms. The molecule has 0 bridgehead atoms. The van der Waals surface area contributed by atoms with Crippen LogP contribution in [0.1, 0.15) is 37.0 Å². The number of halogens is 3. The molecule has 108 valence electrons. The Morgan fingerprint density at radius 1 is 1.32 bits per heavy atom. The number of nitrogens with one attached hydrogen (secondary N) is 1. The van der Waals surface area contributed by atoms with Crippen LogP contribution in [0.3, 0.4) is 0 Å². The van der Waals surface area contributed by atoms with E-state index >= 15 is 0 Å². The summed E-state index contributed by atoms with van der Waals surface area (Å²) >= 11 is 0. The zero-order valence-corrected chi connectivity index (χ0v) is 11.8. The molecule has 0 saturated heterocycles. The van der Waals surface area contributed by atoms with Crippen molar-refractivity contribution in [1.29, 1.82) is 0 Å². The maximum absolute atomic E-state index is 13.4. The summed E-state index contributed by atoms with van der Waals surface area (Å²) in [6.45, 7) is 4.03. The Balaban J connectivity index is 0.00000324. The van der Waals surface area contributed by atoms with Crippen molar-refractivity contribution >= 4 is 18.3 Å². The molecular formula is C13H19ClF2N2O. The SMILES string of the molecule is CCC(CC)(CN)NC(=O)c1cc(F)ccc1F.Cl. The normalized spacial score (nSPS) is 10.8. The summed E-state index contributed by atoms with van der Waals surface area (Å²) in [5, 5.41) is 2.69. The summed E-state index contributed by atoms with van der Waals surface area (Å²) in [6, 6.07) is 2.80. The molecule has 6 heteroatoms. The molecule has 0 aliphatic rings. The number of carbonyl (C=O) groups excluding carboxylic acids is 1. The van der Waals surface area contributed by atoms with Gasteiger partial charge in [-0.25, -0.2) is 8.78 Å². The molecule has 3 N–H and O–H groups in total. The number of rotatable bonds is 5. The van der Waals surface area contributed by atoms with Crippen LogP contribution >= 0.6 is 12.4 Å². The Bertz CT molecular complexity index is 428. The molecular weight excluding hydrogens is 274 g/mol. The fraction of sp³-hybridized carbons (Fsp3) is 0.462. The number of nitrogens with two attached hydrogens (primary N) is 1. The Hall–Kier alpha value is -1.20. The van der Waals surface area contributed by atoms with Gasteiger partial charge in [0, 0.05) is 6.54 Å². The lowest BCUT2D eigenvalue weighted by Crippen LogP contribution is -2.53. The van der Waals surface area contributed by atoms with Gasteiger partial charge in [0.1, 0.15) is 11.6 Å². The van der Waals surface area contributed by atoms with E-state index in [2.05, 4.69) is 5.32 Å². The van der Waals surface area contributed by atoms with Crippen LogP contribution in [-0.4, -0.2) is 18.0 Å². The van der Waals surface area contributed by atoms with Crippen molar-refractivity contribution in [2.24, 2.45) is 5.73 Å². The van der Waals surface area contributed by atoms with E-state index in [0.717, 1.165) is 18.2 Å². The van der Waals surface area contributed by atoms with Gasteiger partial charge >= 0.3 is 0 Å². The summed E-state index contributed by atoms with van der Waals surface area (Å²) in [4.78, 5) is 11.9. The van der Waals surface area contributed by atoms with Crippen LogP contribution in [-0.2, 0) is 0 Å². The van der Waals surface area contributed by atoms with E-state index in [1.807, 2.05) is 13.8 Å². The molecule has 1 aromatic carbocycles. The van der Waals surface area contributed by atoms with Crippen molar-refractivity contribution < 1.29 is 13.6 Å². The first-order valence-electron chi connectivity index (χ1n) is 5.95. The van der Waals surface area contributed by atoms with Gasteiger partial charge in [-0.1, -0.05) is 13.8 Å². The molecule has 1 aromatic rings. The summed E-state index contributed by atoms with van der Waals surface area (Å²) in [5.74, 6) is -2.03. The highest BCUT2D eigenvalue weighted by Gasteiger charge is 2.27. The molecule has 0 radical (unpaired) electrons. The van der Waals surface area contributed by atoms with Crippen LogP contribution < -0.4 is 11.1 Å². The van der Waals surface area contributed by atoms with Crippen molar-refractivity contribution in [2.75, 3.05) is 6.54 Å². The van der Waals surface area contributed by atoms with E-state index in [1.165, 1.54) is 0 Å². The second-order valence-electron chi connectivity index (χ2n) is 4.27. The molecule has 1 rings (SSSR count). The minimum atomic E-state index is -0.743. The molecule has 0 aromatic heterocycles. The molecule has 0 aliphatic carbocycles. The van der Waals surface area contributed by atoms with E-state index in [4.69, 9.17) is 5.73 Å². The van der Waals surface area contributed by atoms with Gasteiger partial charge in [0.15, 0.2) is 0 Å². The van der Waals surface area contributed by atoms with Gasteiger partial charge in [0.05, 0.1) is 11.1 Å². The quantitative estimate of drug-likeness (QED) is 0.876. The zero-order valence-electron chi connectivity index (χ0n) is 11.0. The number of amides is 1. The molecule has 1 amide bonds. The predicted octanol–water partition coefficient (Wildman–Crippen LogP) is 2.63. The largest absolute Gasteiger partial charge is 0.345 e. The molecule has 0 heterocycles. The van der Waals surface area contributed by atoms with E-state index in [0.29, 0.717) is 12.8 Å². The summed E-state index contributed by atoms with van der Waals surface area (Å²) in [6.07, 6.45) is 1.26. The lowest BCUT2D eigenvalue weighted by molar-refractivity contribution is 0.0890. The lowest BCUT2D eigenvalue weighted by atomic mass is 9.92. The number of hydrogen-bond acceptors (Lipinski definition) is 2. The average Bonchev–Trinajstić information content (AvgIpc) is 2.38. The summed E-state index contributed by atoms with van der Waals surface area (Å²) in [5.41, 5.74) is 4.77. The first-order chi connectivity index (χ1) is 8.48. The third kappa shape index (κ3) is 4.14. The van der Waals surface area contributed by atoms with E-state index in [9.17, 15) is 13.6 Å². The Morgan fingerprint density at radius 3 is 2.37 bits per heavy atom. The minimum absolute atomic E-state index is 0. The maximum atomic E-state index is 13.4. The zero-order chi connectivity index (χ0) is 13.8. The van der Waals surface area contributed by atoms with Gasteiger partial charge in [-0.3, -0.25) is 4.79 Å². The van der Waals surface area contributed by atoms with Crippen LogP contribution in [0.25, 0.3) is 0 Å². The standard InChI is InChI=1S/C13H18F2N2O.ClH/c1-3-13(4-2,8-16)17-12(18)10-7-9(14)5-6-11(10)15;/h5-7H,3-4,8,16H2,1-2H3,(H,17,18);1H. The van der Waals surface area contributed by atoms with E-state index < -0.39 is 23.1 Å². The number of hydrogen-bond donors (Lipinski definition) is 2. The summed E-state index contributed by atoms with van der Waals surface area (Å²) < 4.78 is 26.5. The van der Waals surface area contributed by atoms with E-state index in [1.54, 1.807) is 0 Å². The smallest absolute Gasteiger partial charge is 0.254 e. The molecule has 0 fully saturated rings. The van der Waals surface area contributed by atoms with Crippen LogP contribution in [0.4, 0.5) is 8.78 Å². The van der Waals surface area contributed by atoms with Crippen LogP contribution in [0.2, 0.25) is 0 Å². The Morgan fingerprint density at radius 2 is 1.89 bits per heavy atom. The molecule has 0 unspecified atom stereocenters. The third-order valence-electron chi connectivity index (χ3n) is 3.30. The minimum Gasteiger partial charge on any atom is -0.345 e. The second kappa shape index (κ2) is 7.40. The first kappa shape index (κ1) is 17.8. The van der Waals surface area contributed by atoms with Crippen molar-refractivity contribution in [3.63, 3.8) is 0 Å². The summed E-state index contributed by atoms with van der Waals surface area (Å²) in [7, 11) is 0. The van der Waals surface area contributed by atoms with Gasteiger partial charge in [-0.15, -0.1) is 12.4 Å². The maximum Gasteiger partial charge on any atom is 0.254 e. The predicted molar refractivity (Wildman–Crippen MR) is 73.4 cm³/mol. The molecule has 0 spiro atoms. The first-order valence-corrected chi connectivity index (χ1v) is 5.95. The monoisotopic (exact) mass is 292 g/mol. The number of benzene rings is 1. The molecule has 0 atom stereocenters. The molecule has 0 saturated carbocycles. The van der Waals surface area contributed by atoms with E-state index in [-0.39, 0.29) is 24.5 Å².